The number of benzene rings is 2. The maximum atomic E-state index is 9.19. The second kappa shape index (κ2) is 8.50. The first-order valence-corrected chi connectivity index (χ1v) is 10.9. The van der Waals surface area contributed by atoms with Crippen LogP contribution in [0.25, 0.3) is 0 Å². The summed E-state index contributed by atoms with van der Waals surface area (Å²) in [6, 6.07) is 16.0. The highest BCUT2D eigenvalue weighted by atomic mass is 16.3. The summed E-state index contributed by atoms with van der Waals surface area (Å²) in [7, 11) is 0. The lowest BCUT2D eigenvalue weighted by atomic mass is 9.86. The van der Waals surface area contributed by atoms with Crippen molar-refractivity contribution >= 4 is 17.1 Å². The molecule has 1 heterocycles. The topological polar surface area (TPSA) is 47.5 Å². The second-order valence-electron chi connectivity index (χ2n) is 8.48. The number of hydrogen-bond donors (Lipinski definition) is 3. The van der Waals surface area contributed by atoms with Gasteiger partial charge in [0.05, 0.1) is 12.6 Å². The molecule has 0 bridgehead atoms. The largest absolute Gasteiger partial charge is 0.395 e. The summed E-state index contributed by atoms with van der Waals surface area (Å²) >= 11 is 0. The molecule has 0 spiro atoms. The molecule has 2 aromatic rings. The Morgan fingerprint density at radius 1 is 1.10 bits per heavy atom. The summed E-state index contributed by atoms with van der Waals surface area (Å²) in [5.41, 5.74) is 9.18. The molecule has 2 aliphatic rings. The van der Waals surface area contributed by atoms with E-state index in [1.807, 2.05) is 0 Å². The van der Waals surface area contributed by atoms with E-state index >= 15 is 0 Å². The van der Waals surface area contributed by atoms with Crippen molar-refractivity contribution in [3.05, 3.63) is 64.9 Å². The van der Waals surface area contributed by atoms with Gasteiger partial charge in [0.1, 0.15) is 0 Å². The van der Waals surface area contributed by atoms with Crippen LogP contribution in [0.1, 0.15) is 56.7 Å². The van der Waals surface area contributed by atoms with Crippen LogP contribution in [-0.4, -0.2) is 24.3 Å². The zero-order chi connectivity index (χ0) is 20.4. The van der Waals surface area contributed by atoms with E-state index < -0.39 is 0 Å². The number of nitrogens with zero attached hydrogens (tertiary/aromatic N) is 1. The van der Waals surface area contributed by atoms with E-state index in [0.29, 0.717) is 12.6 Å². The van der Waals surface area contributed by atoms with Crippen LogP contribution in [0.15, 0.2) is 53.7 Å². The van der Waals surface area contributed by atoms with E-state index in [1.54, 1.807) is 5.57 Å². The standard InChI is InChI=1S/C25H33N3O/c1-17-7-9-21(10-8-17)27-24-15-18(2)28(19(3)20-5-4-6-20)25-12-11-22(16-23(24)25)26-13-14-29/h7-12,16,18,24,26-27,29H,4-6,13-15H2,1-3H3. The molecule has 0 aromatic heterocycles. The van der Waals surface area contributed by atoms with Crippen LogP contribution in [0.4, 0.5) is 17.1 Å². The summed E-state index contributed by atoms with van der Waals surface area (Å²) in [5, 5.41) is 16.3. The predicted molar refractivity (Wildman–Crippen MR) is 123 cm³/mol. The monoisotopic (exact) mass is 391 g/mol. The van der Waals surface area contributed by atoms with Gasteiger partial charge in [-0.25, -0.2) is 0 Å². The zero-order valence-corrected chi connectivity index (χ0v) is 17.8. The van der Waals surface area contributed by atoms with Gasteiger partial charge in [-0.2, -0.15) is 0 Å². The number of hydrogen-bond acceptors (Lipinski definition) is 4. The molecule has 0 saturated heterocycles. The number of anilines is 3. The average molecular weight is 392 g/mol. The van der Waals surface area contributed by atoms with Crippen LogP contribution in [-0.2, 0) is 0 Å². The molecule has 4 rings (SSSR count). The Balaban J connectivity index is 1.70. The van der Waals surface area contributed by atoms with Crippen LogP contribution in [0.5, 0.6) is 0 Å². The molecule has 2 atom stereocenters. The number of allylic oxidation sites excluding steroid dienone is 2. The molecule has 4 heteroatoms. The van der Waals surface area contributed by atoms with E-state index in [-0.39, 0.29) is 12.6 Å². The van der Waals surface area contributed by atoms with Crippen molar-refractivity contribution in [2.45, 2.75) is 58.5 Å². The van der Waals surface area contributed by atoms with Crippen LogP contribution < -0.4 is 15.5 Å². The minimum atomic E-state index is 0.135. The predicted octanol–water partition coefficient (Wildman–Crippen LogP) is 5.61. The third-order valence-electron chi connectivity index (χ3n) is 6.34. The maximum absolute atomic E-state index is 9.19. The Morgan fingerprint density at radius 3 is 2.48 bits per heavy atom. The number of aliphatic hydroxyl groups is 1. The molecule has 3 N–H and O–H groups in total. The van der Waals surface area contributed by atoms with Gasteiger partial charge in [-0.3, -0.25) is 0 Å². The van der Waals surface area contributed by atoms with Crippen molar-refractivity contribution in [2.24, 2.45) is 0 Å². The molecule has 2 aromatic carbocycles. The molecule has 1 saturated carbocycles. The van der Waals surface area contributed by atoms with Gasteiger partial charge >= 0.3 is 0 Å². The molecule has 154 valence electrons. The van der Waals surface area contributed by atoms with Crippen molar-refractivity contribution in [3.8, 4) is 0 Å². The van der Waals surface area contributed by atoms with Gasteiger partial charge in [0.2, 0.25) is 0 Å². The van der Waals surface area contributed by atoms with Gasteiger partial charge in [-0.1, -0.05) is 23.3 Å². The van der Waals surface area contributed by atoms with Crippen LogP contribution >= 0.6 is 0 Å². The third kappa shape index (κ3) is 4.13. The smallest absolute Gasteiger partial charge is 0.0604 e. The fourth-order valence-electron chi connectivity index (χ4n) is 4.56. The summed E-state index contributed by atoms with van der Waals surface area (Å²) in [4.78, 5) is 2.55. The normalized spacial score (nSPS) is 20.7. The van der Waals surface area contributed by atoms with Crippen LogP contribution in [0, 0.1) is 6.92 Å². The second-order valence-corrected chi connectivity index (χ2v) is 8.48. The average Bonchev–Trinajstić information content (AvgIpc) is 2.67. The molecule has 0 radical (unpaired) electrons. The van der Waals surface area contributed by atoms with Gasteiger partial charge in [0, 0.05) is 40.9 Å². The number of aryl methyl sites for hydroxylation is 1. The summed E-state index contributed by atoms with van der Waals surface area (Å²) in [6.45, 7) is 7.46. The van der Waals surface area contributed by atoms with Crippen molar-refractivity contribution < 1.29 is 5.11 Å². The fourth-order valence-corrected chi connectivity index (χ4v) is 4.56. The first-order valence-electron chi connectivity index (χ1n) is 10.9. The first kappa shape index (κ1) is 19.8. The molecule has 1 aliphatic heterocycles. The Hall–Kier alpha value is -2.46. The quantitative estimate of drug-likeness (QED) is 0.599. The van der Waals surface area contributed by atoms with Crippen molar-refractivity contribution in [1.29, 1.82) is 0 Å². The van der Waals surface area contributed by atoms with E-state index in [2.05, 4.69) is 78.8 Å². The number of nitrogens with one attached hydrogen (secondary N) is 2. The molecule has 0 amide bonds. The highest BCUT2D eigenvalue weighted by molar-refractivity contribution is 5.68. The summed E-state index contributed by atoms with van der Waals surface area (Å²) < 4.78 is 0. The summed E-state index contributed by atoms with van der Waals surface area (Å²) in [5.74, 6) is 0. The van der Waals surface area contributed by atoms with Gasteiger partial charge in [0.25, 0.3) is 0 Å². The van der Waals surface area contributed by atoms with Gasteiger partial charge in [-0.15, -0.1) is 0 Å². The minimum Gasteiger partial charge on any atom is -0.395 e. The molecule has 2 unspecified atom stereocenters. The van der Waals surface area contributed by atoms with Gasteiger partial charge in [-0.05, 0) is 76.8 Å². The Morgan fingerprint density at radius 2 is 1.83 bits per heavy atom. The van der Waals surface area contributed by atoms with Crippen molar-refractivity contribution in [1.82, 2.24) is 0 Å². The first-order chi connectivity index (χ1) is 14.1. The summed E-state index contributed by atoms with van der Waals surface area (Å²) in [6.07, 6.45) is 4.86. The van der Waals surface area contributed by atoms with E-state index in [1.165, 1.54) is 41.8 Å². The molecular formula is C25H33N3O. The highest BCUT2D eigenvalue weighted by Crippen LogP contribution is 2.44. The van der Waals surface area contributed by atoms with Crippen molar-refractivity contribution in [2.75, 3.05) is 28.7 Å². The maximum Gasteiger partial charge on any atom is 0.0604 e. The lowest BCUT2D eigenvalue weighted by Crippen LogP contribution is -2.40. The van der Waals surface area contributed by atoms with Gasteiger partial charge in [0.15, 0.2) is 0 Å². The Kier molecular flexibility index (Phi) is 5.81. The molecule has 4 nitrogen and oxygen atoms in total. The fraction of sp³-hybridized carbons (Fsp3) is 0.440. The van der Waals surface area contributed by atoms with E-state index in [4.69, 9.17) is 0 Å². The number of rotatable bonds is 6. The highest BCUT2D eigenvalue weighted by Gasteiger charge is 2.32. The Bertz CT molecular complexity index is 881. The van der Waals surface area contributed by atoms with Crippen molar-refractivity contribution in [3.63, 3.8) is 0 Å². The molecule has 1 aliphatic carbocycles. The molecule has 1 fully saturated rings. The van der Waals surface area contributed by atoms with E-state index in [0.717, 1.165) is 17.8 Å². The number of fused-ring (bicyclic) bond motifs is 1. The lowest BCUT2D eigenvalue weighted by molar-refractivity contribution is 0.311. The molecular weight excluding hydrogens is 358 g/mol. The molecule has 29 heavy (non-hydrogen) atoms. The van der Waals surface area contributed by atoms with E-state index in [9.17, 15) is 5.11 Å². The van der Waals surface area contributed by atoms with Crippen LogP contribution in [0.2, 0.25) is 0 Å². The third-order valence-corrected chi connectivity index (χ3v) is 6.34. The lowest BCUT2D eigenvalue weighted by Gasteiger charge is -2.43. The SMILES string of the molecule is CC(=C1CCC1)N1c2ccc(NCCO)cc2C(Nc2ccc(C)cc2)CC1C. The van der Waals surface area contributed by atoms with Gasteiger partial charge < -0.3 is 20.6 Å². The zero-order valence-electron chi connectivity index (χ0n) is 17.8. The number of aliphatic hydroxyl groups excluding tert-OH is 1. The minimum absolute atomic E-state index is 0.135. The Labute approximate surface area is 174 Å². The van der Waals surface area contributed by atoms with Crippen LogP contribution in [0.3, 0.4) is 0 Å².